The first kappa shape index (κ1) is 29.2. The van der Waals surface area contributed by atoms with E-state index in [9.17, 15) is 4.79 Å². The van der Waals surface area contributed by atoms with Gasteiger partial charge in [-0.05, 0) is 36.3 Å². The van der Waals surface area contributed by atoms with E-state index in [1.165, 1.54) is 12.8 Å². The van der Waals surface area contributed by atoms with Gasteiger partial charge in [-0.1, -0.05) is 78.6 Å². The number of aromatic amines is 1. The third kappa shape index (κ3) is 5.71. The average molecular weight is 634 g/mol. The van der Waals surface area contributed by atoms with E-state index in [0.717, 1.165) is 53.5 Å². The molecule has 0 spiro atoms. The van der Waals surface area contributed by atoms with Crippen molar-refractivity contribution in [2.45, 2.75) is 52.1 Å². The monoisotopic (exact) mass is 633 g/mol. The molecule has 4 aromatic heterocycles. The van der Waals surface area contributed by atoms with E-state index in [1.807, 2.05) is 30.3 Å². The molecule has 13 heteroatoms. The van der Waals surface area contributed by atoms with Gasteiger partial charge in [0, 0.05) is 31.1 Å². The van der Waals surface area contributed by atoms with E-state index in [1.54, 1.807) is 6.92 Å². The molecule has 13 nitrogen and oxygen atoms in total. The molecular weight excluding hydrogens is 598 g/mol. The second-order valence-electron chi connectivity index (χ2n) is 12.6. The molecule has 1 aliphatic carbocycles. The lowest BCUT2D eigenvalue weighted by Gasteiger charge is -2.37. The summed E-state index contributed by atoms with van der Waals surface area (Å²) in [6.07, 6.45) is 4.70. The molecule has 8 rings (SSSR count). The van der Waals surface area contributed by atoms with Crippen LogP contribution in [0.15, 0.2) is 68.4 Å². The van der Waals surface area contributed by atoms with Crippen LogP contribution in [0.1, 0.15) is 50.1 Å². The fraction of sp³-hybridized carbons (Fsp3) is 0.382. The van der Waals surface area contributed by atoms with E-state index < -0.39 is 5.76 Å². The van der Waals surface area contributed by atoms with Crippen LogP contribution in [0.4, 0.5) is 5.95 Å². The van der Waals surface area contributed by atoms with Crippen LogP contribution >= 0.6 is 0 Å². The Balaban J connectivity index is 1.35. The standard InChI is InChI=1S/C34H35N9O4/c1-20-11-13-22(14-12-20)18-43-28-27(24-9-6-10-25(17-24)29-35-21(2)46-40-29)36-31(32-39-34(44)47-41-32)37-30(28)38-33(43)42-15-16-45-19-26(42)23-7-4-3-5-8-23/h3-10,17,20,22,26H,11-16,18-19H2,1-2H3,(H,39,41,44)/t20-,22-,26-/m0/s1. The molecule has 2 aromatic carbocycles. The number of ether oxygens (including phenoxy) is 1. The van der Waals surface area contributed by atoms with Gasteiger partial charge in [0.15, 0.2) is 5.65 Å². The first-order valence-electron chi connectivity index (χ1n) is 16.1. The number of imidazole rings is 1. The molecule has 1 saturated carbocycles. The minimum absolute atomic E-state index is 0.0283. The summed E-state index contributed by atoms with van der Waals surface area (Å²) in [7, 11) is 0. The third-order valence-corrected chi connectivity index (χ3v) is 9.30. The van der Waals surface area contributed by atoms with Crippen LogP contribution in [0.5, 0.6) is 0 Å². The Labute approximate surface area is 270 Å². The number of hydrogen-bond acceptors (Lipinski definition) is 11. The average Bonchev–Trinajstić information content (AvgIpc) is 3.84. The quantitative estimate of drug-likeness (QED) is 0.234. The molecule has 1 saturated heterocycles. The van der Waals surface area contributed by atoms with Gasteiger partial charge < -0.3 is 18.7 Å². The number of aromatic nitrogens is 8. The number of hydrogen-bond donors (Lipinski definition) is 1. The Kier molecular flexibility index (Phi) is 7.60. The fourth-order valence-corrected chi connectivity index (χ4v) is 6.84. The predicted molar refractivity (Wildman–Crippen MR) is 173 cm³/mol. The molecule has 1 N–H and O–H groups in total. The zero-order valence-corrected chi connectivity index (χ0v) is 26.3. The van der Waals surface area contributed by atoms with Crippen molar-refractivity contribution in [2.24, 2.45) is 11.8 Å². The molecule has 0 unspecified atom stereocenters. The van der Waals surface area contributed by atoms with Crippen molar-refractivity contribution >= 4 is 17.1 Å². The maximum absolute atomic E-state index is 12.0. The van der Waals surface area contributed by atoms with Crippen molar-refractivity contribution in [1.82, 2.24) is 39.8 Å². The summed E-state index contributed by atoms with van der Waals surface area (Å²) in [5.74, 6) is 2.66. The molecule has 6 aromatic rings. The van der Waals surface area contributed by atoms with Gasteiger partial charge in [0.1, 0.15) is 11.2 Å². The SMILES string of the molecule is Cc1nc(-c2cccc(-c3nc(-c4noc(=O)[nH]4)nc4nc(N5CCOC[C@H]5c5ccccc5)n(C[C@H]5CC[C@H](C)CC5)c34)c2)no1. The molecule has 0 radical (unpaired) electrons. The highest BCUT2D eigenvalue weighted by molar-refractivity contribution is 5.91. The number of rotatable bonds is 7. The van der Waals surface area contributed by atoms with Crippen LogP contribution in [0.25, 0.3) is 45.5 Å². The van der Waals surface area contributed by atoms with Crippen molar-refractivity contribution < 1.29 is 13.8 Å². The zero-order valence-electron chi connectivity index (χ0n) is 26.3. The maximum atomic E-state index is 12.0. The first-order valence-corrected chi connectivity index (χ1v) is 16.1. The summed E-state index contributed by atoms with van der Waals surface area (Å²) in [5, 5.41) is 8.04. The topological polar surface area (TPSA) is 154 Å². The lowest BCUT2D eigenvalue weighted by Crippen LogP contribution is -2.41. The lowest BCUT2D eigenvalue weighted by atomic mass is 9.83. The Morgan fingerprint density at radius 1 is 0.894 bits per heavy atom. The van der Waals surface area contributed by atoms with Gasteiger partial charge in [-0.25, -0.2) is 14.8 Å². The van der Waals surface area contributed by atoms with Crippen molar-refractivity contribution in [3.05, 3.63) is 76.6 Å². The number of fused-ring (bicyclic) bond motifs is 1. The summed E-state index contributed by atoms with van der Waals surface area (Å²) in [4.78, 5) is 36.5. The fourth-order valence-electron chi connectivity index (χ4n) is 6.84. The number of nitrogens with zero attached hydrogens (tertiary/aromatic N) is 8. The number of nitrogens with one attached hydrogen (secondary N) is 1. The number of benzene rings is 2. The summed E-state index contributed by atoms with van der Waals surface area (Å²) in [5.41, 5.74) is 4.74. The summed E-state index contributed by atoms with van der Waals surface area (Å²) in [6.45, 7) is 6.68. The van der Waals surface area contributed by atoms with Gasteiger partial charge in [-0.2, -0.15) is 9.97 Å². The summed E-state index contributed by atoms with van der Waals surface area (Å²) >= 11 is 0. The van der Waals surface area contributed by atoms with Crippen LogP contribution < -0.4 is 10.7 Å². The second-order valence-corrected chi connectivity index (χ2v) is 12.6. The highest BCUT2D eigenvalue weighted by Gasteiger charge is 2.32. The van der Waals surface area contributed by atoms with E-state index in [2.05, 4.69) is 60.9 Å². The van der Waals surface area contributed by atoms with Gasteiger partial charge in [0.2, 0.25) is 29.3 Å². The smallest absolute Gasteiger partial charge is 0.377 e. The number of anilines is 1. The van der Waals surface area contributed by atoms with E-state index in [-0.39, 0.29) is 17.7 Å². The van der Waals surface area contributed by atoms with Crippen LogP contribution in [0.3, 0.4) is 0 Å². The maximum Gasteiger partial charge on any atom is 0.439 e. The molecule has 2 aliphatic rings. The van der Waals surface area contributed by atoms with Crippen LogP contribution in [-0.2, 0) is 11.3 Å². The van der Waals surface area contributed by atoms with Gasteiger partial charge in [-0.3, -0.25) is 9.51 Å². The Hall–Kier alpha value is -5.17. The van der Waals surface area contributed by atoms with Gasteiger partial charge in [-0.15, -0.1) is 0 Å². The zero-order chi connectivity index (χ0) is 31.9. The lowest BCUT2D eigenvalue weighted by molar-refractivity contribution is 0.0927. The predicted octanol–water partition coefficient (Wildman–Crippen LogP) is 5.60. The summed E-state index contributed by atoms with van der Waals surface area (Å²) < 4.78 is 18.4. The number of aryl methyl sites for hydroxylation is 1. The van der Waals surface area contributed by atoms with E-state index in [0.29, 0.717) is 48.7 Å². The molecule has 240 valence electrons. The first-order chi connectivity index (χ1) is 23.0. The minimum Gasteiger partial charge on any atom is -0.377 e. The molecule has 2 fully saturated rings. The van der Waals surface area contributed by atoms with Gasteiger partial charge >= 0.3 is 5.76 Å². The van der Waals surface area contributed by atoms with Crippen LogP contribution in [0.2, 0.25) is 0 Å². The van der Waals surface area contributed by atoms with Crippen molar-refractivity contribution in [2.75, 3.05) is 24.7 Å². The molecule has 1 aliphatic heterocycles. The molecule has 0 amide bonds. The van der Waals surface area contributed by atoms with Crippen LogP contribution in [0, 0.1) is 18.8 Å². The Bertz CT molecular complexity index is 2070. The summed E-state index contributed by atoms with van der Waals surface area (Å²) in [6, 6.07) is 18.2. The van der Waals surface area contributed by atoms with Crippen LogP contribution in [-0.4, -0.2) is 59.6 Å². The van der Waals surface area contributed by atoms with Crippen molar-refractivity contribution in [3.8, 4) is 34.3 Å². The molecule has 0 bridgehead atoms. The highest BCUT2D eigenvalue weighted by Crippen LogP contribution is 2.39. The minimum atomic E-state index is -0.684. The number of H-pyrrole nitrogens is 1. The molecule has 1 atom stereocenters. The third-order valence-electron chi connectivity index (χ3n) is 9.30. The van der Waals surface area contributed by atoms with E-state index >= 15 is 0 Å². The van der Waals surface area contributed by atoms with Crippen molar-refractivity contribution in [1.29, 1.82) is 0 Å². The second kappa shape index (κ2) is 12.2. The van der Waals surface area contributed by atoms with Gasteiger partial charge in [0.05, 0.1) is 19.3 Å². The molecule has 5 heterocycles. The van der Waals surface area contributed by atoms with Crippen molar-refractivity contribution in [3.63, 3.8) is 0 Å². The largest absolute Gasteiger partial charge is 0.439 e. The molecule has 47 heavy (non-hydrogen) atoms. The van der Waals surface area contributed by atoms with Gasteiger partial charge in [0.25, 0.3) is 0 Å². The highest BCUT2D eigenvalue weighted by atomic mass is 16.5. The molecular formula is C34H35N9O4. The number of morpholine rings is 1. The Morgan fingerprint density at radius 3 is 2.49 bits per heavy atom. The van der Waals surface area contributed by atoms with E-state index in [4.69, 9.17) is 28.7 Å². The Morgan fingerprint density at radius 2 is 1.72 bits per heavy atom. The normalized spacial score (nSPS) is 20.2.